The molecule has 2 aromatic rings. The highest BCUT2D eigenvalue weighted by atomic mass is 17.2. The van der Waals surface area contributed by atoms with Gasteiger partial charge in [-0.2, -0.15) is 4.89 Å². The lowest BCUT2D eigenvalue weighted by atomic mass is 10.1. The Morgan fingerprint density at radius 1 is 0.846 bits per heavy atom. The van der Waals surface area contributed by atoms with E-state index >= 15 is 0 Å². The number of nitrogens with one attached hydrogen (secondary N) is 2. The first kappa shape index (κ1) is 31.3. The summed E-state index contributed by atoms with van der Waals surface area (Å²) < 4.78 is 10.5. The molecule has 11 nitrogen and oxygen atoms in total. The highest BCUT2D eigenvalue weighted by Crippen LogP contribution is 2.10. The quantitative estimate of drug-likeness (QED) is 0.196. The largest absolute Gasteiger partial charge is 0.461 e. The van der Waals surface area contributed by atoms with E-state index in [0.717, 1.165) is 11.1 Å². The predicted molar refractivity (Wildman–Crippen MR) is 140 cm³/mol. The molecule has 0 heterocycles. The number of aliphatic hydroxyl groups is 1. The van der Waals surface area contributed by atoms with Crippen LogP contribution >= 0.6 is 0 Å². The fraction of sp³-hybridized carbons (Fsp3) is 0.429. The van der Waals surface area contributed by atoms with Crippen molar-refractivity contribution in [3.8, 4) is 0 Å². The van der Waals surface area contributed by atoms with Gasteiger partial charge in [0, 0.05) is 6.42 Å². The van der Waals surface area contributed by atoms with Crippen LogP contribution in [0.3, 0.4) is 0 Å². The molecule has 0 fully saturated rings. The molecule has 0 aliphatic rings. The molecule has 3 N–H and O–H groups in total. The maximum Gasteiger partial charge on any atom is 0.439 e. The van der Waals surface area contributed by atoms with E-state index in [-0.39, 0.29) is 26.1 Å². The Bertz CT molecular complexity index is 1070. The molecule has 0 spiro atoms. The summed E-state index contributed by atoms with van der Waals surface area (Å²) in [5.74, 6) is -2.32. The van der Waals surface area contributed by atoms with E-state index in [9.17, 15) is 24.3 Å². The number of rotatable bonds is 13. The van der Waals surface area contributed by atoms with Gasteiger partial charge in [0.25, 0.3) is 0 Å². The van der Waals surface area contributed by atoms with Crippen LogP contribution in [0, 0.1) is 0 Å². The van der Waals surface area contributed by atoms with Gasteiger partial charge in [-0.05, 0) is 45.2 Å². The number of benzene rings is 2. The van der Waals surface area contributed by atoms with E-state index in [1.807, 2.05) is 24.3 Å². The normalized spacial score (nSPS) is 13.4. The second-order valence-corrected chi connectivity index (χ2v) is 9.77. The second kappa shape index (κ2) is 15.5. The summed E-state index contributed by atoms with van der Waals surface area (Å²) in [5.41, 5.74) is 0.697. The van der Waals surface area contributed by atoms with Crippen molar-refractivity contribution in [2.24, 2.45) is 0 Å². The average Bonchev–Trinajstić information content (AvgIpc) is 2.90. The Balaban J connectivity index is 2.02. The molecule has 2 amide bonds. The molecule has 0 saturated carbocycles. The third kappa shape index (κ3) is 12.4. The fourth-order valence-corrected chi connectivity index (χ4v) is 3.12. The lowest BCUT2D eigenvalue weighted by Crippen LogP contribution is -2.55. The third-order valence-corrected chi connectivity index (χ3v) is 5.11. The Labute approximate surface area is 227 Å². The van der Waals surface area contributed by atoms with Gasteiger partial charge in [0.2, 0.25) is 5.91 Å². The van der Waals surface area contributed by atoms with Gasteiger partial charge in [-0.1, -0.05) is 60.7 Å². The van der Waals surface area contributed by atoms with Crippen molar-refractivity contribution in [3.63, 3.8) is 0 Å². The number of aliphatic hydroxyl groups excluding tert-OH is 1. The van der Waals surface area contributed by atoms with Crippen molar-refractivity contribution in [1.82, 2.24) is 10.6 Å². The molecular weight excluding hydrogens is 508 g/mol. The minimum Gasteiger partial charge on any atom is -0.461 e. The zero-order valence-electron chi connectivity index (χ0n) is 22.5. The third-order valence-electron chi connectivity index (χ3n) is 5.11. The van der Waals surface area contributed by atoms with Gasteiger partial charge < -0.3 is 25.2 Å². The van der Waals surface area contributed by atoms with Crippen LogP contribution in [0.4, 0.5) is 4.79 Å². The summed E-state index contributed by atoms with van der Waals surface area (Å²) in [6, 6.07) is 15.2. The van der Waals surface area contributed by atoms with E-state index in [2.05, 4.69) is 10.6 Å². The summed E-state index contributed by atoms with van der Waals surface area (Å²) in [5, 5.41) is 14.8. The van der Waals surface area contributed by atoms with E-state index in [1.54, 1.807) is 57.2 Å². The van der Waals surface area contributed by atoms with E-state index < -0.39 is 47.7 Å². The Morgan fingerprint density at radius 2 is 1.38 bits per heavy atom. The molecule has 212 valence electrons. The van der Waals surface area contributed by atoms with Crippen LogP contribution in [-0.2, 0) is 46.8 Å². The van der Waals surface area contributed by atoms with Gasteiger partial charge >= 0.3 is 18.0 Å². The summed E-state index contributed by atoms with van der Waals surface area (Å²) in [6.07, 6.45) is -2.81. The molecule has 0 aliphatic carbocycles. The molecule has 1 unspecified atom stereocenters. The molecule has 39 heavy (non-hydrogen) atoms. The molecule has 3 atom stereocenters. The monoisotopic (exact) mass is 544 g/mol. The van der Waals surface area contributed by atoms with Crippen LogP contribution in [0.15, 0.2) is 60.7 Å². The first-order chi connectivity index (χ1) is 18.4. The van der Waals surface area contributed by atoms with Crippen molar-refractivity contribution < 1.29 is 43.5 Å². The first-order valence-corrected chi connectivity index (χ1v) is 12.5. The van der Waals surface area contributed by atoms with Crippen molar-refractivity contribution in [2.45, 2.75) is 77.5 Å². The lowest BCUT2D eigenvalue weighted by molar-refractivity contribution is -0.300. The maximum atomic E-state index is 13.1. The van der Waals surface area contributed by atoms with Crippen LogP contribution in [0.2, 0.25) is 0 Å². The molecule has 0 aromatic heterocycles. The number of ether oxygens (including phenoxy) is 2. The lowest BCUT2D eigenvalue weighted by Gasteiger charge is -2.24. The van der Waals surface area contributed by atoms with Crippen molar-refractivity contribution in [2.75, 3.05) is 0 Å². The van der Waals surface area contributed by atoms with Crippen molar-refractivity contribution in [1.29, 1.82) is 0 Å². The molecule has 0 bridgehead atoms. The summed E-state index contributed by atoms with van der Waals surface area (Å²) in [4.78, 5) is 60.0. The van der Waals surface area contributed by atoms with Gasteiger partial charge in [-0.15, -0.1) is 0 Å². The number of amides is 2. The fourth-order valence-electron chi connectivity index (χ4n) is 3.12. The van der Waals surface area contributed by atoms with Gasteiger partial charge in [0.15, 0.2) is 6.04 Å². The second-order valence-electron chi connectivity index (χ2n) is 9.77. The molecule has 0 radical (unpaired) electrons. The summed E-state index contributed by atoms with van der Waals surface area (Å²) in [7, 11) is 0. The van der Waals surface area contributed by atoms with Gasteiger partial charge in [-0.25, -0.2) is 9.59 Å². The van der Waals surface area contributed by atoms with E-state index in [1.165, 1.54) is 6.92 Å². The van der Waals surface area contributed by atoms with E-state index in [4.69, 9.17) is 19.2 Å². The number of carbonyl (C=O) groups excluding carboxylic acids is 4. The number of hydrogen-bond acceptors (Lipinski definition) is 9. The molecule has 11 heteroatoms. The zero-order valence-corrected chi connectivity index (χ0v) is 22.5. The molecule has 2 aromatic carbocycles. The minimum atomic E-state index is -1.43. The van der Waals surface area contributed by atoms with Gasteiger partial charge in [0.05, 0.1) is 6.10 Å². The SMILES string of the molecule is CC(O)[C@H](NC(=O)[C@H](CCC(=O)OCc1ccccc1)NC(=O)OOC(C)(C)C)C(=O)OCc1ccccc1. The predicted octanol–water partition coefficient (Wildman–Crippen LogP) is 2.94. The Morgan fingerprint density at radius 3 is 1.90 bits per heavy atom. The standard InChI is InChI=1S/C28H36N2O9/c1-19(31)24(26(34)37-18-21-13-9-6-10-14-21)30-25(33)22(29-27(35)38-39-28(2,3)4)15-16-23(32)36-17-20-11-7-5-8-12-20/h5-14,19,22,24,31H,15-18H2,1-4H3,(H,29,35)(H,30,33)/t19?,22-,24-/m0/s1. The Hall–Kier alpha value is -3.96. The first-order valence-electron chi connectivity index (χ1n) is 12.5. The molecular formula is C28H36N2O9. The maximum absolute atomic E-state index is 13.1. The Kier molecular flexibility index (Phi) is 12.4. The van der Waals surface area contributed by atoms with Crippen LogP contribution in [-0.4, -0.2) is 52.8 Å². The molecule has 0 saturated heterocycles. The van der Waals surface area contributed by atoms with Crippen molar-refractivity contribution in [3.05, 3.63) is 71.8 Å². The molecule has 0 aliphatic heterocycles. The average molecular weight is 545 g/mol. The number of esters is 2. The number of hydrogen-bond donors (Lipinski definition) is 3. The minimum absolute atomic E-state index is 0.0444. The van der Waals surface area contributed by atoms with Crippen molar-refractivity contribution >= 4 is 23.9 Å². The van der Waals surface area contributed by atoms with Crippen LogP contribution in [0.25, 0.3) is 0 Å². The van der Waals surface area contributed by atoms with Gasteiger partial charge in [0.1, 0.15) is 24.9 Å². The van der Waals surface area contributed by atoms with Crippen LogP contribution in [0.1, 0.15) is 51.7 Å². The van der Waals surface area contributed by atoms with E-state index in [0.29, 0.717) is 0 Å². The van der Waals surface area contributed by atoms with Gasteiger partial charge in [-0.3, -0.25) is 14.5 Å². The van der Waals surface area contributed by atoms with Crippen LogP contribution in [0.5, 0.6) is 0 Å². The zero-order chi connectivity index (χ0) is 28.8. The smallest absolute Gasteiger partial charge is 0.439 e. The topological polar surface area (TPSA) is 149 Å². The number of carbonyl (C=O) groups is 4. The summed E-state index contributed by atoms with van der Waals surface area (Å²) >= 11 is 0. The highest BCUT2D eigenvalue weighted by Gasteiger charge is 2.32. The highest BCUT2D eigenvalue weighted by molar-refractivity contribution is 5.90. The van der Waals surface area contributed by atoms with Crippen LogP contribution < -0.4 is 10.6 Å². The molecule has 2 rings (SSSR count). The summed E-state index contributed by atoms with van der Waals surface area (Å²) in [6.45, 7) is 6.25.